The van der Waals surface area contributed by atoms with Crippen LogP contribution in [0.25, 0.3) is 10.9 Å². The van der Waals surface area contributed by atoms with E-state index in [2.05, 4.69) is 49.7 Å². The van der Waals surface area contributed by atoms with Gasteiger partial charge in [-0.15, -0.1) is 0 Å². The van der Waals surface area contributed by atoms with Gasteiger partial charge in [0.1, 0.15) is 0 Å². The summed E-state index contributed by atoms with van der Waals surface area (Å²) < 4.78 is 13.2. The lowest BCUT2D eigenvalue weighted by Crippen LogP contribution is -2.30. The number of hydrogen-bond donors (Lipinski definition) is 0. The van der Waals surface area contributed by atoms with E-state index >= 15 is 0 Å². The molecule has 3 heterocycles. The first-order chi connectivity index (χ1) is 14.0. The molecule has 148 valence electrons. The Morgan fingerprint density at radius 3 is 2.62 bits per heavy atom. The molecule has 2 aliphatic heterocycles. The molecule has 0 saturated carbocycles. The van der Waals surface area contributed by atoms with Crippen molar-refractivity contribution in [3.63, 3.8) is 0 Å². The second-order valence-corrected chi connectivity index (χ2v) is 7.91. The fourth-order valence-corrected chi connectivity index (χ4v) is 4.61. The van der Waals surface area contributed by atoms with E-state index in [9.17, 15) is 4.79 Å². The van der Waals surface area contributed by atoms with E-state index in [1.54, 1.807) is 0 Å². The molecular formula is C24H24N2O3. The Bertz CT molecular complexity index is 1190. The minimum absolute atomic E-state index is 0.0703. The fraction of sp³-hybridized carbons (Fsp3) is 0.292. The van der Waals surface area contributed by atoms with Crippen molar-refractivity contribution in [2.24, 2.45) is 7.05 Å². The van der Waals surface area contributed by atoms with Gasteiger partial charge in [-0.2, -0.15) is 0 Å². The highest BCUT2D eigenvalue weighted by molar-refractivity contribution is 5.98. The predicted octanol–water partition coefficient (Wildman–Crippen LogP) is 4.64. The third kappa shape index (κ3) is 2.57. The summed E-state index contributed by atoms with van der Waals surface area (Å²) in [4.78, 5) is 15.2. The standard InChI is InChI=1S/C24H24N2O3/c1-14-15(2)24(27)26(12-17-9-10-20-21(11-17)29-13-28-20)23(14)22-16(3)25(4)19-8-6-5-7-18(19)22/h5-11,23H,12-13H2,1-4H3. The zero-order valence-corrected chi connectivity index (χ0v) is 17.2. The second-order valence-electron chi connectivity index (χ2n) is 7.91. The van der Waals surface area contributed by atoms with Gasteiger partial charge in [-0.1, -0.05) is 24.3 Å². The first kappa shape index (κ1) is 17.9. The number of para-hydroxylation sites is 1. The third-order valence-electron chi connectivity index (χ3n) is 6.41. The molecule has 0 radical (unpaired) electrons. The molecule has 5 rings (SSSR count). The molecular weight excluding hydrogens is 364 g/mol. The van der Waals surface area contributed by atoms with Gasteiger partial charge < -0.3 is 18.9 Å². The first-order valence-corrected chi connectivity index (χ1v) is 9.88. The number of benzene rings is 2. The van der Waals surface area contributed by atoms with Crippen LogP contribution in [-0.2, 0) is 18.4 Å². The van der Waals surface area contributed by atoms with E-state index in [0.717, 1.165) is 28.2 Å². The van der Waals surface area contributed by atoms with Crippen LogP contribution in [0.4, 0.5) is 0 Å². The van der Waals surface area contributed by atoms with Gasteiger partial charge in [0, 0.05) is 41.3 Å². The Balaban J connectivity index is 1.61. The lowest BCUT2D eigenvalue weighted by atomic mass is 9.96. The van der Waals surface area contributed by atoms with Gasteiger partial charge in [-0.3, -0.25) is 4.79 Å². The summed E-state index contributed by atoms with van der Waals surface area (Å²) in [7, 11) is 2.09. The third-order valence-corrected chi connectivity index (χ3v) is 6.41. The number of amides is 1. The van der Waals surface area contributed by atoms with Crippen molar-refractivity contribution in [2.75, 3.05) is 6.79 Å². The molecule has 5 nitrogen and oxygen atoms in total. The highest BCUT2D eigenvalue weighted by Gasteiger charge is 2.38. The molecule has 0 bridgehead atoms. The van der Waals surface area contributed by atoms with Crippen molar-refractivity contribution < 1.29 is 14.3 Å². The average molecular weight is 388 g/mol. The maximum atomic E-state index is 13.2. The molecule has 1 atom stereocenters. The summed E-state index contributed by atoms with van der Waals surface area (Å²) in [6.07, 6.45) is 0. The molecule has 1 unspecified atom stereocenters. The Hall–Kier alpha value is -3.21. The number of ether oxygens (including phenoxy) is 2. The molecule has 0 spiro atoms. The topological polar surface area (TPSA) is 43.7 Å². The van der Waals surface area contributed by atoms with Crippen molar-refractivity contribution in [2.45, 2.75) is 33.4 Å². The van der Waals surface area contributed by atoms with E-state index in [1.165, 1.54) is 22.2 Å². The largest absolute Gasteiger partial charge is 0.454 e. The maximum absolute atomic E-state index is 13.2. The summed E-state index contributed by atoms with van der Waals surface area (Å²) >= 11 is 0. The minimum atomic E-state index is -0.0703. The molecule has 1 aromatic heterocycles. The summed E-state index contributed by atoms with van der Waals surface area (Å²) in [6, 6.07) is 14.3. The number of aryl methyl sites for hydroxylation is 1. The van der Waals surface area contributed by atoms with Crippen molar-refractivity contribution in [3.05, 3.63) is 70.4 Å². The minimum Gasteiger partial charge on any atom is -0.454 e. The molecule has 2 aliphatic rings. The second kappa shape index (κ2) is 6.41. The van der Waals surface area contributed by atoms with Crippen LogP contribution in [-0.4, -0.2) is 22.2 Å². The normalized spacial score (nSPS) is 18.4. The molecule has 0 aliphatic carbocycles. The van der Waals surface area contributed by atoms with E-state index < -0.39 is 0 Å². The lowest BCUT2D eigenvalue weighted by Gasteiger charge is -2.27. The summed E-state index contributed by atoms with van der Waals surface area (Å²) in [5.74, 6) is 1.60. The SMILES string of the molecule is CC1=C(C)C(c2c(C)n(C)c3ccccc23)N(Cc2ccc3c(c2)OCO3)C1=O. The quantitative estimate of drug-likeness (QED) is 0.657. The van der Waals surface area contributed by atoms with Crippen LogP contribution < -0.4 is 9.47 Å². The molecule has 2 aromatic carbocycles. The zero-order chi connectivity index (χ0) is 20.3. The molecule has 5 heteroatoms. The van der Waals surface area contributed by atoms with Crippen molar-refractivity contribution in [1.82, 2.24) is 9.47 Å². The number of hydrogen-bond acceptors (Lipinski definition) is 3. The maximum Gasteiger partial charge on any atom is 0.250 e. The molecule has 1 amide bonds. The van der Waals surface area contributed by atoms with E-state index in [1.807, 2.05) is 30.0 Å². The van der Waals surface area contributed by atoms with Crippen LogP contribution in [0.1, 0.15) is 36.7 Å². The summed E-state index contributed by atoms with van der Waals surface area (Å²) in [5.41, 5.74) is 6.58. The van der Waals surface area contributed by atoms with Crippen molar-refractivity contribution >= 4 is 16.8 Å². The average Bonchev–Trinajstić information content (AvgIpc) is 3.35. The van der Waals surface area contributed by atoms with Gasteiger partial charge in [-0.05, 0) is 50.1 Å². The number of carbonyl (C=O) groups is 1. The van der Waals surface area contributed by atoms with Gasteiger partial charge >= 0.3 is 0 Å². The van der Waals surface area contributed by atoms with Gasteiger partial charge in [0.2, 0.25) is 6.79 Å². The van der Waals surface area contributed by atoms with Gasteiger partial charge in [-0.25, -0.2) is 0 Å². The van der Waals surface area contributed by atoms with Gasteiger partial charge in [0.25, 0.3) is 5.91 Å². The Morgan fingerprint density at radius 1 is 1.03 bits per heavy atom. The van der Waals surface area contributed by atoms with Crippen molar-refractivity contribution in [1.29, 1.82) is 0 Å². The predicted molar refractivity (Wildman–Crippen MR) is 112 cm³/mol. The smallest absolute Gasteiger partial charge is 0.250 e. The van der Waals surface area contributed by atoms with Crippen molar-refractivity contribution in [3.8, 4) is 11.5 Å². The lowest BCUT2D eigenvalue weighted by molar-refractivity contribution is -0.127. The molecule has 0 N–H and O–H groups in total. The molecule has 3 aromatic rings. The number of aromatic nitrogens is 1. The van der Waals surface area contributed by atoms with E-state index in [4.69, 9.17) is 9.47 Å². The monoisotopic (exact) mass is 388 g/mol. The van der Waals surface area contributed by atoms with Crippen LogP contribution in [0.3, 0.4) is 0 Å². The van der Waals surface area contributed by atoms with Crippen LogP contribution in [0.2, 0.25) is 0 Å². The number of rotatable bonds is 3. The van der Waals surface area contributed by atoms with Crippen LogP contribution in [0, 0.1) is 6.92 Å². The van der Waals surface area contributed by atoms with E-state index in [-0.39, 0.29) is 18.7 Å². The van der Waals surface area contributed by atoms with Crippen LogP contribution in [0.5, 0.6) is 11.5 Å². The highest BCUT2D eigenvalue weighted by atomic mass is 16.7. The van der Waals surface area contributed by atoms with Crippen LogP contribution >= 0.6 is 0 Å². The first-order valence-electron chi connectivity index (χ1n) is 9.88. The van der Waals surface area contributed by atoms with Gasteiger partial charge in [0.05, 0.1) is 6.04 Å². The Morgan fingerprint density at radius 2 is 1.79 bits per heavy atom. The summed E-state index contributed by atoms with van der Waals surface area (Å²) in [5, 5.41) is 1.20. The Labute approximate surface area is 170 Å². The molecule has 29 heavy (non-hydrogen) atoms. The number of nitrogens with zero attached hydrogens (tertiary/aromatic N) is 2. The fourth-order valence-electron chi connectivity index (χ4n) is 4.61. The Kier molecular flexibility index (Phi) is 3.95. The molecule has 0 saturated heterocycles. The molecule has 0 fully saturated rings. The highest BCUT2D eigenvalue weighted by Crippen LogP contribution is 2.44. The number of carbonyl (C=O) groups excluding carboxylic acids is 1. The number of fused-ring (bicyclic) bond motifs is 2. The van der Waals surface area contributed by atoms with E-state index in [0.29, 0.717) is 6.54 Å². The summed E-state index contributed by atoms with van der Waals surface area (Å²) in [6.45, 7) is 6.93. The zero-order valence-electron chi connectivity index (χ0n) is 17.2. The van der Waals surface area contributed by atoms with Crippen LogP contribution in [0.15, 0.2) is 53.6 Å². The van der Waals surface area contributed by atoms with Gasteiger partial charge in [0.15, 0.2) is 11.5 Å².